The summed E-state index contributed by atoms with van der Waals surface area (Å²) in [6.45, 7) is 5.19. The van der Waals surface area contributed by atoms with E-state index >= 15 is 0 Å². The Morgan fingerprint density at radius 2 is 1.63 bits per heavy atom. The van der Waals surface area contributed by atoms with Crippen LogP contribution in [0.4, 0.5) is 0 Å². The van der Waals surface area contributed by atoms with Crippen LogP contribution in [-0.2, 0) is 19.1 Å². The summed E-state index contributed by atoms with van der Waals surface area (Å²) < 4.78 is 5.19. The van der Waals surface area contributed by atoms with E-state index in [-0.39, 0.29) is 19.3 Å². The molecule has 1 fully saturated rings. The van der Waals surface area contributed by atoms with Crippen LogP contribution in [0.2, 0.25) is 0 Å². The maximum absolute atomic E-state index is 11.9. The van der Waals surface area contributed by atoms with Crippen molar-refractivity contribution in [2.75, 3.05) is 0 Å². The molecular weight excluding hydrogens is 350 g/mol. The van der Waals surface area contributed by atoms with Gasteiger partial charge in [0.15, 0.2) is 5.41 Å². The van der Waals surface area contributed by atoms with Gasteiger partial charge in [0.2, 0.25) is 0 Å². The van der Waals surface area contributed by atoms with Crippen molar-refractivity contribution >= 4 is 17.9 Å². The highest BCUT2D eigenvalue weighted by molar-refractivity contribution is 5.99. The Bertz CT molecular complexity index is 505. The fraction of sp³-hybridized carbons (Fsp3) is 0.850. The fourth-order valence-electron chi connectivity index (χ4n) is 3.87. The van der Waals surface area contributed by atoms with Crippen LogP contribution in [0.1, 0.15) is 85.0 Å². The number of carboxylic acid groups (broad SMARTS) is 2. The molecule has 0 aliphatic heterocycles. The smallest absolute Gasteiger partial charge is 0.322 e. The zero-order valence-electron chi connectivity index (χ0n) is 16.8. The maximum atomic E-state index is 11.9. The van der Waals surface area contributed by atoms with E-state index < -0.39 is 35.0 Å². The van der Waals surface area contributed by atoms with Gasteiger partial charge in [0, 0.05) is 12.5 Å². The lowest BCUT2D eigenvalue weighted by Gasteiger charge is -2.32. The second-order valence-electron chi connectivity index (χ2n) is 8.71. The van der Waals surface area contributed by atoms with Crippen molar-refractivity contribution in [2.45, 2.75) is 96.6 Å². The van der Waals surface area contributed by atoms with Crippen molar-refractivity contribution in [2.24, 2.45) is 17.1 Å². The number of carboxylic acids is 2. The molecule has 156 valence electrons. The highest BCUT2D eigenvalue weighted by Crippen LogP contribution is 2.35. The molecule has 0 aromatic rings. The van der Waals surface area contributed by atoms with Crippen LogP contribution in [0.15, 0.2) is 0 Å². The van der Waals surface area contributed by atoms with Crippen LogP contribution < -0.4 is 5.73 Å². The molecular formula is C20H35NO6. The second kappa shape index (κ2) is 10.1. The quantitative estimate of drug-likeness (QED) is 0.389. The van der Waals surface area contributed by atoms with Gasteiger partial charge >= 0.3 is 17.9 Å². The maximum Gasteiger partial charge on any atom is 0.322 e. The summed E-state index contributed by atoms with van der Waals surface area (Å²) in [6.07, 6.45) is 7.00. The largest absolute Gasteiger partial charge is 0.480 e. The SMILES string of the molecule is CC(C)(C)OC(=O)CCC(N)C(CCCC1CCCCC1)(C(=O)O)C(=O)O. The van der Waals surface area contributed by atoms with Crippen LogP contribution in [-0.4, -0.2) is 39.8 Å². The predicted molar refractivity (Wildman–Crippen MR) is 101 cm³/mol. The average Bonchev–Trinajstić information content (AvgIpc) is 2.55. The molecule has 27 heavy (non-hydrogen) atoms. The third kappa shape index (κ3) is 7.13. The van der Waals surface area contributed by atoms with Crippen molar-refractivity contribution in [1.82, 2.24) is 0 Å². The normalized spacial score (nSPS) is 17.3. The predicted octanol–water partition coefficient (Wildman–Crippen LogP) is 3.34. The first-order chi connectivity index (χ1) is 12.5. The summed E-state index contributed by atoms with van der Waals surface area (Å²) in [4.78, 5) is 35.6. The van der Waals surface area contributed by atoms with Gasteiger partial charge in [0.1, 0.15) is 5.60 Å². The van der Waals surface area contributed by atoms with E-state index in [4.69, 9.17) is 10.5 Å². The highest BCUT2D eigenvalue weighted by Gasteiger charge is 2.51. The minimum atomic E-state index is -2.07. The Kier molecular flexibility index (Phi) is 8.72. The first kappa shape index (κ1) is 23.4. The van der Waals surface area contributed by atoms with E-state index in [2.05, 4.69) is 0 Å². The molecule has 0 amide bonds. The number of carbonyl (C=O) groups is 3. The van der Waals surface area contributed by atoms with E-state index in [0.717, 1.165) is 19.3 Å². The summed E-state index contributed by atoms with van der Waals surface area (Å²) in [7, 11) is 0. The van der Waals surface area contributed by atoms with Crippen molar-refractivity contribution in [3.8, 4) is 0 Å². The molecule has 0 spiro atoms. The monoisotopic (exact) mass is 385 g/mol. The Morgan fingerprint density at radius 1 is 1.07 bits per heavy atom. The first-order valence-electron chi connectivity index (χ1n) is 9.93. The number of hydrogen-bond acceptors (Lipinski definition) is 5. The van der Waals surface area contributed by atoms with Crippen molar-refractivity contribution in [3.63, 3.8) is 0 Å². The Morgan fingerprint density at radius 3 is 2.11 bits per heavy atom. The van der Waals surface area contributed by atoms with Crippen LogP contribution in [0.25, 0.3) is 0 Å². The fourth-order valence-corrected chi connectivity index (χ4v) is 3.87. The highest BCUT2D eigenvalue weighted by atomic mass is 16.6. The molecule has 7 nitrogen and oxygen atoms in total. The van der Waals surface area contributed by atoms with Gasteiger partial charge in [-0.2, -0.15) is 0 Å². The van der Waals surface area contributed by atoms with Gasteiger partial charge in [-0.15, -0.1) is 0 Å². The lowest BCUT2D eigenvalue weighted by atomic mass is 9.73. The Hall–Kier alpha value is -1.63. The molecule has 1 saturated carbocycles. The van der Waals surface area contributed by atoms with Gasteiger partial charge in [-0.05, 0) is 39.5 Å². The molecule has 0 heterocycles. The standard InChI is InChI=1S/C20H35NO6/c1-19(2,3)27-16(22)12-11-15(21)20(17(23)24,18(25)26)13-7-10-14-8-5-4-6-9-14/h14-15H,4-13,21H2,1-3H3,(H,23,24)(H,25,26). The molecule has 1 unspecified atom stereocenters. The molecule has 0 bridgehead atoms. The van der Waals surface area contributed by atoms with E-state index in [0.29, 0.717) is 12.3 Å². The van der Waals surface area contributed by atoms with E-state index in [1.54, 1.807) is 20.8 Å². The van der Waals surface area contributed by atoms with Crippen LogP contribution in [0, 0.1) is 11.3 Å². The zero-order chi connectivity index (χ0) is 20.7. The van der Waals surface area contributed by atoms with Crippen LogP contribution in [0.5, 0.6) is 0 Å². The topological polar surface area (TPSA) is 127 Å². The van der Waals surface area contributed by atoms with E-state index in [9.17, 15) is 24.6 Å². The van der Waals surface area contributed by atoms with Gasteiger partial charge < -0.3 is 20.7 Å². The summed E-state index contributed by atoms with van der Waals surface area (Å²) in [5, 5.41) is 19.4. The van der Waals surface area contributed by atoms with Crippen LogP contribution >= 0.6 is 0 Å². The first-order valence-corrected chi connectivity index (χ1v) is 9.93. The van der Waals surface area contributed by atoms with Gasteiger partial charge in [-0.3, -0.25) is 14.4 Å². The molecule has 1 aliphatic carbocycles. The summed E-state index contributed by atoms with van der Waals surface area (Å²) >= 11 is 0. The summed E-state index contributed by atoms with van der Waals surface area (Å²) in [6, 6.07) is -1.16. The number of hydrogen-bond donors (Lipinski definition) is 3. The number of rotatable bonds is 10. The third-order valence-corrected chi connectivity index (χ3v) is 5.38. The molecule has 4 N–H and O–H groups in total. The van der Waals surface area contributed by atoms with Crippen molar-refractivity contribution in [1.29, 1.82) is 0 Å². The van der Waals surface area contributed by atoms with Gasteiger partial charge in [-0.1, -0.05) is 44.9 Å². The van der Waals surface area contributed by atoms with Gasteiger partial charge in [-0.25, -0.2) is 0 Å². The molecule has 1 rings (SSSR count). The van der Waals surface area contributed by atoms with Gasteiger partial charge in [0.05, 0.1) is 0 Å². The Balaban J connectivity index is 2.71. The number of aliphatic carboxylic acids is 2. The molecule has 0 aromatic heterocycles. The third-order valence-electron chi connectivity index (χ3n) is 5.38. The molecule has 1 aliphatic rings. The number of nitrogens with two attached hydrogens (primary N) is 1. The molecule has 0 radical (unpaired) electrons. The molecule has 1 atom stereocenters. The van der Waals surface area contributed by atoms with Gasteiger partial charge in [0.25, 0.3) is 0 Å². The lowest BCUT2D eigenvalue weighted by Crippen LogP contribution is -2.53. The molecule has 7 heteroatoms. The minimum absolute atomic E-state index is 0.0242. The Labute approximate surface area is 161 Å². The minimum Gasteiger partial charge on any atom is -0.480 e. The van der Waals surface area contributed by atoms with E-state index in [1.807, 2.05) is 0 Å². The number of esters is 1. The second-order valence-corrected chi connectivity index (χ2v) is 8.71. The van der Waals surface area contributed by atoms with Crippen molar-refractivity contribution in [3.05, 3.63) is 0 Å². The zero-order valence-corrected chi connectivity index (χ0v) is 16.8. The summed E-state index contributed by atoms with van der Waals surface area (Å²) in [5.41, 5.74) is 3.29. The number of ether oxygens (including phenoxy) is 1. The average molecular weight is 386 g/mol. The van der Waals surface area contributed by atoms with E-state index in [1.165, 1.54) is 19.3 Å². The lowest BCUT2D eigenvalue weighted by molar-refractivity contribution is -0.168. The molecule has 0 saturated heterocycles. The molecule has 0 aromatic carbocycles. The van der Waals surface area contributed by atoms with Crippen LogP contribution in [0.3, 0.4) is 0 Å². The number of carbonyl (C=O) groups excluding carboxylic acids is 1. The summed E-state index contributed by atoms with van der Waals surface area (Å²) in [5.74, 6) is -2.84. The van der Waals surface area contributed by atoms with Crippen molar-refractivity contribution < 1.29 is 29.3 Å².